The molecule has 1 fully saturated rings. The third-order valence-electron chi connectivity index (χ3n) is 5.02. The van der Waals surface area contributed by atoms with Crippen molar-refractivity contribution in [2.75, 3.05) is 17.9 Å². The van der Waals surface area contributed by atoms with Gasteiger partial charge in [-0.15, -0.1) is 0 Å². The second-order valence-electron chi connectivity index (χ2n) is 9.52. The lowest BCUT2D eigenvalue weighted by Gasteiger charge is -2.35. The topological polar surface area (TPSA) is 94.2 Å². The molecule has 1 aliphatic rings. The Hall–Kier alpha value is -2.78. The van der Waals surface area contributed by atoms with Gasteiger partial charge in [0.1, 0.15) is 23.7 Å². The maximum absolute atomic E-state index is 12.8. The Morgan fingerprint density at radius 2 is 1.85 bits per heavy atom. The number of anilines is 1. The van der Waals surface area contributed by atoms with Crippen molar-refractivity contribution in [2.45, 2.75) is 63.8 Å². The molecule has 33 heavy (non-hydrogen) atoms. The van der Waals surface area contributed by atoms with E-state index >= 15 is 0 Å². The van der Waals surface area contributed by atoms with Crippen molar-refractivity contribution in [2.24, 2.45) is 0 Å². The first-order valence-corrected chi connectivity index (χ1v) is 12.2. The van der Waals surface area contributed by atoms with Gasteiger partial charge in [-0.05, 0) is 65.8 Å². The number of nitrogens with zero attached hydrogens (tertiary/aromatic N) is 1. The van der Waals surface area contributed by atoms with E-state index in [4.69, 9.17) is 14.2 Å². The van der Waals surface area contributed by atoms with Crippen LogP contribution in [0.1, 0.15) is 40.2 Å². The van der Waals surface area contributed by atoms with E-state index in [2.05, 4.69) is 4.72 Å². The Morgan fingerprint density at radius 1 is 1.18 bits per heavy atom. The average molecular weight is 477 g/mol. The Kier molecular flexibility index (Phi) is 6.95. The second-order valence-corrected chi connectivity index (χ2v) is 11.2. The van der Waals surface area contributed by atoms with Crippen LogP contribution in [-0.4, -0.2) is 50.0 Å². The van der Waals surface area contributed by atoms with E-state index < -0.39 is 27.4 Å². The molecule has 2 aromatic carbocycles. The maximum Gasteiger partial charge on any atom is 0.413 e. The Bertz CT molecular complexity index is 1090. The molecular weight excluding hydrogens is 444 g/mol. The van der Waals surface area contributed by atoms with Crippen molar-refractivity contribution in [3.05, 3.63) is 54.1 Å². The minimum Gasteiger partial charge on any atom is -0.491 e. The fourth-order valence-electron chi connectivity index (χ4n) is 3.46. The van der Waals surface area contributed by atoms with Crippen LogP contribution in [0.15, 0.2) is 53.4 Å². The quantitative estimate of drug-likeness (QED) is 0.658. The number of carbonyl (C=O) groups is 1. The van der Waals surface area contributed by atoms with Gasteiger partial charge in [0.25, 0.3) is 10.0 Å². The van der Waals surface area contributed by atoms with E-state index in [1.165, 1.54) is 0 Å². The molecule has 1 N–H and O–H groups in total. The number of ether oxygens (including phenoxy) is 3. The van der Waals surface area contributed by atoms with Crippen molar-refractivity contribution in [1.29, 1.82) is 0 Å². The number of carbonyl (C=O) groups excluding carboxylic acids is 1. The van der Waals surface area contributed by atoms with Crippen molar-refractivity contribution in [3.8, 4) is 5.75 Å². The van der Waals surface area contributed by atoms with Crippen molar-refractivity contribution < 1.29 is 27.4 Å². The second kappa shape index (κ2) is 9.23. The molecule has 0 aromatic heterocycles. The Labute approximate surface area is 195 Å². The molecule has 0 spiro atoms. The van der Waals surface area contributed by atoms with Gasteiger partial charge in [-0.25, -0.2) is 13.2 Å². The van der Waals surface area contributed by atoms with Crippen LogP contribution in [0.2, 0.25) is 0 Å². The molecule has 0 radical (unpaired) electrons. The molecule has 1 saturated heterocycles. The SMILES string of the molecule is Cc1ccc(S(=O)(=O)Nc2cccc(OC[C@H]3COC(C)(C)N3C(=O)OC(C)(C)C)c2)cc1. The highest BCUT2D eigenvalue weighted by molar-refractivity contribution is 7.92. The third kappa shape index (κ3) is 6.39. The van der Waals surface area contributed by atoms with Gasteiger partial charge in [-0.2, -0.15) is 0 Å². The van der Waals surface area contributed by atoms with Gasteiger partial charge in [0, 0.05) is 6.07 Å². The number of hydrogen-bond donors (Lipinski definition) is 1. The van der Waals surface area contributed by atoms with Crippen LogP contribution in [-0.2, 0) is 19.5 Å². The Morgan fingerprint density at radius 3 is 2.48 bits per heavy atom. The molecule has 0 saturated carbocycles. The van der Waals surface area contributed by atoms with Crippen LogP contribution in [0.5, 0.6) is 5.75 Å². The molecule has 1 aliphatic heterocycles. The number of amides is 1. The van der Waals surface area contributed by atoms with Gasteiger partial charge in [0.05, 0.1) is 23.2 Å². The van der Waals surface area contributed by atoms with Crippen molar-refractivity contribution in [1.82, 2.24) is 4.90 Å². The predicted octanol–water partition coefficient (Wildman–Crippen LogP) is 4.55. The van der Waals surface area contributed by atoms with Gasteiger partial charge in [-0.3, -0.25) is 9.62 Å². The predicted molar refractivity (Wildman–Crippen MR) is 126 cm³/mol. The summed E-state index contributed by atoms with van der Waals surface area (Å²) in [5, 5.41) is 0. The summed E-state index contributed by atoms with van der Waals surface area (Å²) in [5.41, 5.74) is -0.115. The van der Waals surface area contributed by atoms with E-state index in [1.54, 1.807) is 67.3 Å². The highest BCUT2D eigenvalue weighted by atomic mass is 32.2. The molecule has 0 unspecified atom stereocenters. The summed E-state index contributed by atoms with van der Waals surface area (Å²) >= 11 is 0. The molecule has 3 rings (SSSR count). The smallest absolute Gasteiger partial charge is 0.413 e. The third-order valence-corrected chi connectivity index (χ3v) is 6.42. The fourth-order valence-corrected chi connectivity index (χ4v) is 4.51. The minimum absolute atomic E-state index is 0.164. The molecule has 180 valence electrons. The van der Waals surface area contributed by atoms with Crippen molar-refractivity contribution >= 4 is 21.8 Å². The summed E-state index contributed by atoms with van der Waals surface area (Å²) in [4.78, 5) is 14.5. The molecule has 0 bridgehead atoms. The van der Waals surface area contributed by atoms with Gasteiger partial charge in [-0.1, -0.05) is 23.8 Å². The van der Waals surface area contributed by atoms with Crippen LogP contribution in [0.4, 0.5) is 10.5 Å². The van der Waals surface area contributed by atoms with E-state index in [9.17, 15) is 13.2 Å². The number of aryl methyl sites for hydroxylation is 1. The van der Waals surface area contributed by atoms with Crippen molar-refractivity contribution in [3.63, 3.8) is 0 Å². The number of nitrogens with one attached hydrogen (secondary N) is 1. The standard InChI is InChI=1S/C24H32N2O6S/c1-17-10-12-21(13-11-17)33(28,29)25-18-8-7-9-20(14-18)30-15-19-16-31-24(5,6)26(19)22(27)32-23(2,3)4/h7-14,19,25H,15-16H2,1-6H3/t19-/m0/s1. The number of benzene rings is 2. The number of rotatable bonds is 6. The monoisotopic (exact) mass is 476 g/mol. The lowest BCUT2D eigenvalue weighted by Crippen LogP contribution is -2.51. The van der Waals surface area contributed by atoms with E-state index in [1.807, 2.05) is 27.7 Å². The van der Waals surface area contributed by atoms with Crippen LogP contribution in [0.3, 0.4) is 0 Å². The first-order chi connectivity index (χ1) is 15.3. The lowest BCUT2D eigenvalue weighted by molar-refractivity contribution is -0.0637. The normalized spacial score (nSPS) is 18.1. The maximum atomic E-state index is 12.8. The fraction of sp³-hybridized carbons (Fsp3) is 0.458. The first kappa shape index (κ1) is 24.9. The van der Waals surface area contributed by atoms with Crippen LogP contribution < -0.4 is 9.46 Å². The largest absolute Gasteiger partial charge is 0.491 e. The van der Waals surface area contributed by atoms with Gasteiger partial charge in [0.15, 0.2) is 0 Å². The summed E-state index contributed by atoms with van der Waals surface area (Å²) in [7, 11) is -3.73. The van der Waals surface area contributed by atoms with Crippen LogP contribution >= 0.6 is 0 Å². The van der Waals surface area contributed by atoms with Gasteiger partial charge in [0.2, 0.25) is 0 Å². The molecule has 1 heterocycles. The molecule has 0 aliphatic carbocycles. The zero-order valence-corrected chi connectivity index (χ0v) is 20.7. The molecule has 8 nitrogen and oxygen atoms in total. The van der Waals surface area contributed by atoms with E-state index in [0.29, 0.717) is 18.0 Å². The average Bonchev–Trinajstić information content (AvgIpc) is 2.99. The summed E-state index contributed by atoms with van der Waals surface area (Å²) in [6.45, 7) is 11.4. The lowest BCUT2D eigenvalue weighted by atomic mass is 10.2. The van der Waals surface area contributed by atoms with Crippen LogP contribution in [0.25, 0.3) is 0 Å². The zero-order chi connectivity index (χ0) is 24.4. The zero-order valence-electron chi connectivity index (χ0n) is 19.9. The molecule has 2 aromatic rings. The molecular formula is C24H32N2O6S. The Balaban J connectivity index is 1.69. The summed E-state index contributed by atoms with van der Waals surface area (Å²) in [6, 6.07) is 12.9. The van der Waals surface area contributed by atoms with E-state index in [-0.39, 0.29) is 17.5 Å². The number of sulfonamides is 1. The highest BCUT2D eigenvalue weighted by Gasteiger charge is 2.46. The molecule has 1 atom stereocenters. The highest BCUT2D eigenvalue weighted by Crippen LogP contribution is 2.30. The minimum atomic E-state index is -3.73. The molecule has 1 amide bonds. The molecule has 9 heteroatoms. The van der Waals surface area contributed by atoms with E-state index in [0.717, 1.165) is 5.56 Å². The van der Waals surface area contributed by atoms with Gasteiger partial charge >= 0.3 is 6.09 Å². The summed E-state index contributed by atoms with van der Waals surface area (Å²) < 4.78 is 45.1. The van der Waals surface area contributed by atoms with Crippen LogP contribution in [0, 0.1) is 6.92 Å². The summed E-state index contributed by atoms with van der Waals surface area (Å²) in [6.07, 6.45) is -0.474. The first-order valence-electron chi connectivity index (χ1n) is 10.8. The summed E-state index contributed by atoms with van der Waals surface area (Å²) in [5.74, 6) is 0.466. The van der Waals surface area contributed by atoms with Gasteiger partial charge < -0.3 is 14.2 Å². The number of hydrogen-bond acceptors (Lipinski definition) is 6.